The van der Waals surface area contributed by atoms with E-state index in [0.717, 1.165) is 0 Å². The molecule has 0 saturated carbocycles. The number of hydrogen-bond acceptors (Lipinski definition) is 5. The highest BCUT2D eigenvalue weighted by Crippen LogP contribution is 2.19. The van der Waals surface area contributed by atoms with Crippen molar-refractivity contribution in [2.45, 2.75) is 13.3 Å². The zero-order chi connectivity index (χ0) is 13.1. The summed E-state index contributed by atoms with van der Waals surface area (Å²) in [5.41, 5.74) is -0.0691. The molecule has 94 valence electrons. The average molecular weight is 248 g/mol. The van der Waals surface area contributed by atoms with Crippen molar-refractivity contribution in [3.8, 4) is 5.75 Å². The molecule has 0 spiro atoms. The lowest BCUT2D eigenvalue weighted by Crippen LogP contribution is -2.15. The number of phenolic OH excluding ortho intramolecular Hbond substituents is 1. The summed E-state index contributed by atoms with van der Waals surface area (Å²) >= 11 is 0. The van der Waals surface area contributed by atoms with E-state index in [1.54, 1.807) is 19.1 Å². The molecule has 0 aliphatic heterocycles. The number of benzene rings is 1. The summed E-state index contributed by atoms with van der Waals surface area (Å²) in [5, 5.41) is 9.91. The summed E-state index contributed by atoms with van der Waals surface area (Å²) in [6.07, 6.45) is -0.118. The molecule has 0 amide bonds. The molecule has 2 aromatic rings. The van der Waals surface area contributed by atoms with Gasteiger partial charge in [0.05, 0.1) is 13.0 Å². The minimum atomic E-state index is -0.596. The summed E-state index contributed by atoms with van der Waals surface area (Å²) in [7, 11) is 0. The van der Waals surface area contributed by atoms with Crippen LogP contribution in [0.1, 0.15) is 12.5 Å². The van der Waals surface area contributed by atoms with Gasteiger partial charge in [0.1, 0.15) is 11.3 Å². The number of fused-ring (bicyclic) bond motifs is 1. The first-order valence-electron chi connectivity index (χ1n) is 5.51. The van der Waals surface area contributed by atoms with Crippen LogP contribution in [0.3, 0.4) is 0 Å². The van der Waals surface area contributed by atoms with Crippen LogP contribution < -0.4 is 5.63 Å². The fraction of sp³-hybridized carbons (Fsp3) is 0.231. The molecule has 0 aliphatic rings. The molecular formula is C13H12O5. The molecule has 1 heterocycles. The lowest BCUT2D eigenvalue weighted by Gasteiger charge is -2.03. The van der Waals surface area contributed by atoms with E-state index in [4.69, 9.17) is 9.15 Å². The predicted molar refractivity (Wildman–Crippen MR) is 64.5 cm³/mol. The van der Waals surface area contributed by atoms with Crippen molar-refractivity contribution in [2.75, 3.05) is 6.61 Å². The van der Waals surface area contributed by atoms with Gasteiger partial charge in [0.25, 0.3) is 0 Å². The number of phenols is 1. The maximum absolute atomic E-state index is 11.6. The van der Waals surface area contributed by atoms with E-state index in [9.17, 15) is 14.7 Å². The average Bonchev–Trinajstić information content (AvgIpc) is 2.31. The molecule has 5 heteroatoms. The zero-order valence-corrected chi connectivity index (χ0v) is 9.80. The Labute approximate surface area is 103 Å². The van der Waals surface area contributed by atoms with Crippen molar-refractivity contribution in [3.05, 3.63) is 40.2 Å². The summed E-state index contributed by atoms with van der Waals surface area (Å²) in [6.45, 7) is 1.97. The largest absolute Gasteiger partial charge is 0.508 e. The Hall–Kier alpha value is -2.30. The third-order valence-corrected chi connectivity index (χ3v) is 2.43. The number of aromatic hydroxyl groups is 1. The second kappa shape index (κ2) is 4.91. The van der Waals surface area contributed by atoms with Gasteiger partial charge < -0.3 is 14.3 Å². The molecular weight excluding hydrogens is 236 g/mol. The third kappa shape index (κ3) is 2.51. The number of esters is 1. The molecule has 0 aliphatic carbocycles. The van der Waals surface area contributed by atoms with Gasteiger partial charge in [0, 0.05) is 17.0 Å². The second-order valence-corrected chi connectivity index (χ2v) is 3.76. The standard InChI is InChI=1S/C13H12O5/c1-2-17-12(15)6-9-5-8-3-4-10(14)7-11(8)18-13(9)16/h3-5,7,14H,2,6H2,1H3. The maximum Gasteiger partial charge on any atom is 0.340 e. The molecule has 1 aromatic carbocycles. The summed E-state index contributed by atoms with van der Waals surface area (Å²) in [5.74, 6) is -0.452. The first-order chi connectivity index (χ1) is 8.60. The van der Waals surface area contributed by atoms with E-state index in [0.29, 0.717) is 5.39 Å². The van der Waals surface area contributed by atoms with Crippen molar-refractivity contribution in [1.82, 2.24) is 0 Å². The highest BCUT2D eigenvalue weighted by molar-refractivity contribution is 5.80. The van der Waals surface area contributed by atoms with Gasteiger partial charge in [-0.1, -0.05) is 0 Å². The summed E-state index contributed by atoms with van der Waals surface area (Å²) in [6, 6.07) is 6.02. The second-order valence-electron chi connectivity index (χ2n) is 3.76. The molecule has 0 fully saturated rings. The SMILES string of the molecule is CCOC(=O)Cc1cc2ccc(O)cc2oc1=O. The van der Waals surface area contributed by atoms with Gasteiger partial charge in [-0.05, 0) is 25.1 Å². The lowest BCUT2D eigenvalue weighted by atomic mass is 10.1. The molecule has 5 nitrogen and oxygen atoms in total. The van der Waals surface area contributed by atoms with Crippen molar-refractivity contribution in [1.29, 1.82) is 0 Å². The van der Waals surface area contributed by atoms with Crippen LogP contribution in [0.2, 0.25) is 0 Å². The van der Waals surface area contributed by atoms with E-state index in [2.05, 4.69) is 0 Å². The number of ether oxygens (including phenoxy) is 1. The van der Waals surface area contributed by atoms with Crippen LogP contribution in [0.15, 0.2) is 33.5 Å². The Morgan fingerprint density at radius 2 is 2.17 bits per heavy atom. The fourth-order valence-corrected chi connectivity index (χ4v) is 1.63. The Kier molecular flexibility index (Phi) is 3.32. The van der Waals surface area contributed by atoms with Crippen molar-refractivity contribution < 1.29 is 19.1 Å². The first-order valence-corrected chi connectivity index (χ1v) is 5.51. The van der Waals surface area contributed by atoms with Gasteiger partial charge in [0.2, 0.25) is 0 Å². The van der Waals surface area contributed by atoms with E-state index >= 15 is 0 Å². The minimum absolute atomic E-state index is 0.0174. The molecule has 0 bridgehead atoms. The van der Waals surface area contributed by atoms with E-state index in [1.165, 1.54) is 12.1 Å². The quantitative estimate of drug-likeness (QED) is 0.659. The van der Waals surface area contributed by atoms with Crippen LogP contribution >= 0.6 is 0 Å². The molecule has 0 radical (unpaired) electrons. The zero-order valence-electron chi connectivity index (χ0n) is 9.80. The van der Waals surface area contributed by atoms with Gasteiger partial charge in [0.15, 0.2) is 0 Å². The van der Waals surface area contributed by atoms with E-state index in [-0.39, 0.29) is 29.9 Å². The smallest absolute Gasteiger partial charge is 0.340 e. The molecule has 2 rings (SSSR count). The van der Waals surface area contributed by atoms with Crippen LogP contribution in [0.25, 0.3) is 11.0 Å². The van der Waals surface area contributed by atoms with Crippen molar-refractivity contribution in [2.24, 2.45) is 0 Å². The van der Waals surface area contributed by atoms with E-state index in [1.807, 2.05) is 0 Å². The van der Waals surface area contributed by atoms with Gasteiger partial charge in [-0.2, -0.15) is 0 Å². The molecule has 0 saturated heterocycles. The highest BCUT2D eigenvalue weighted by atomic mass is 16.5. The summed E-state index contributed by atoms with van der Waals surface area (Å²) < 4.78 is 9.80. The van der Waals surface area contributed by atoms with Gasteiger partial charge in [-0.15, -0.1) is 0 Å². The number of hydrogen-bond donors (Lipinski definition) is 1. The number of carbonyl (C=O) groups excluding carboxylic acids is 1. The van der Waals surface area contributed by atoms with Crippen LogP contribution in [-0.4, -0.2) is 17.7 Å². The van der Waals surface area contributed by atoms with Gasteiger partial charge in [-0.25, -0.2) is 4.79 Å². The molecule has 0 atom stereocenters. The molecule has 1 N–H and O–H groups in total. The van der Waals surface area contributed by atoms with Crippen LogP contribution in [0.4, 0.5) is 0 Å². The summed E-state index contributed by atoms with van der Waals surface area (Å²) in [4.78, 5) is 22.9. The first kappa shape index (κ1) is 12.2. The van der Waals surface area contributed by atoms with Crippen molar-refractivity contribution in [3.63, 3.8) is 0 Å². The molecule has 1 aromatic heterocycles. The fourth-order valence-electron chi connectivity index (χ4n) is 1.63. The molecule has 18 heavy (non-hydrogen) atoms. The Bertz CT molecular complexity index is 641. The van der Waals surface area contributed by atoms with Crippen LogP contribution in [0.5, 0.6) is 5.75 Å². The predicted octanol–water partition coefficient (Wildman–Crippen LogP) is 1.60. The van der Waals surface area contributed by atoms with Gasteiger partial charge >= 0.3 is 11.6 Å². The van der Waals surface area contributed by atoms with Crippen LogP contribution in [-0.2, 0) is 16.0 Å². The normalized spacial score (nSPS) is 10.5. The van der Waals surface area contributed by atoms with E-state index < -0.39 is 11.6 Å². The minimum Gasteiger partial charge on any atom is -0.508 e. The highest BCUT2D eigenvalue weighted by Gasteiger charge is 2.11. The number of carbonyl (C=O) groups is 1. The lowest BCUT2D eigenvalue weighted by molar-refractivity contribution is -0.142. The molecule has 0 unspecified atom stereocenters. The Morgan fingerprint density at radius 3 is 2.89 bits per heavy atom. The third-order valence-electron chi connectivity index (χ3n) is 2.43. The maximum atomic E-state index is 11.6. The van der Waals surface area contributed by atoms with Crippen LogP contribution in [0, 0.1) is 0 Å². The Balaban J connectivity index is 2.40. The number of rotatable bonds is 3. The monoisotopic (exact) mass is 248 g/mol. The van der Waals surface area contributed by atoms with Crippen molar-refractivity contribution >= 4 is 16.9 Å². The topological polar surface area (TPSA) is 76.7 Å². The van der Waals surface area contributed by atoms with Gasteiger partial charge in [-0.3, -0.25) is 4.79 Å². The Morgan fingerprint density at radius 1 is 1.39 bits per heavy atom.